The first-order valence-electron chi connectivity index (χ1n) is 6.77. The first-order valence-corrected chi connectivity index (χ1v) is 6.77. The molecule has 0 saturated carbocycles. The number of hydrogen-bond acceptors (Lipinski definition) is 0. The largest absolute Gasteiger partial charge is 0.419 e. The minimum atomic E-state index is -6.56. The maximum atomic E-state index is 13.8. The lowest BCUT2D eigenvalue weighted by Crippen LogP contribution is -2.24. The molecule has 2 rings (SSSR count). The Labute approximate surface area is 152 Å². The number of hydrogen-bond donors (Lipinski definition) is 0. The summed E-state index contributed by atoms with van der Waals surface area (Å²) >= 11 is 0. The summed E-state index contributed by atoms with van der Waals surface area (Å²) in [5.41, 5.74) is -14.5. The fourth-order valence-corrected chi connectivity index (χ4v) is 2.69. The van der Waals surface area contributed by atoms with Gasteiger partial charge >= 0.3 is 24.7 Å². The van der Waals surface area contributed by atoms with Gasteiger partial charge in [-0.2, -0.15) is 52.7 Å². The van der Waals surface area contributed by atoms with Gasteiger partial charge < -0.3 is 0 Å². The molecule has 0 saturated heterocycles. The van der Waals surface area contributed by atoms with Crippen LogP contribution in [0.2, 0.25) is 0 Å². The van der Waals surface area contributed by atoms with Crippen LogP contribution in [0.3, 0.4) is 0 Å². The molecular weight excluding hydrogens is 472 g/mol. The smallest absolute Gasteiger partial charge is 0.203 e. The van der Waals surface area contributed by atoms with E-state index in [0.717, 1.165) is 0 Å². The fraction of sp³-hybridized carbons (Fsp3) is 0.286. The normalized spacial score (nSPS) is 14.0. The van der Waals surface area contributed by atoms with Crippen LogP contribution in [0, 0.1) is 23.3 Å². The Bertz CT molecular complexity index is 854. The summed E-state index contributed by atoms with van der Waals surface area (Å²) in [5.74, 6) is -14.8. The van der Waals surface area contributed by atoms with E-state index in [4.69, 9.17) is 0 Å². The van der Waals surface area contributed by atoms with Gasteiger partial charge in [0.05, 0.1) is 0 Å². The molecule has 0 bridgehead atoms. The molecule has 2 aromatic carbocycles. The minimum absolute atomic E-state index is 3.38. The Morgan fingerprint density at radius 2 is 0.433 bits per heavy atom. The molecule has 0 nitrogen and oxygen atoms in total. The summed E-state index contributed by atoms with van der Waals surface area (Å²) in [6, 6.07) is 0. The molecule has 0 aliphatic rings. The third-order valence-electron chi connectivity index (χ3n) is 3.65. The van der Waals surface area contributed by atoms with Crippen LogP contribution in [0.15, 0.2) is 0 Å². The molecule has 0 aliphatic carbocycles. The summed E-state index contributed by atoms with van der Waals surface area (Å²) in [6.45, 7) is 0. The Morgan fingerprint density at radius 1 is 0.300 bits per heavy atom. The van der Waals surface area contributed by atoms with Gasteiger partial charge in [0.2, 0.25) is 0 Å². The van der Waals surface area contributed by atoms with Crippen LogP contribution < -0.4 is 0 Å². The summed E-state index contributed by atoms with van der Waals surface area (Å²) < 4.78 is 212. The Kier molecular flexibility index (Phi) is 5.20. The number of alkyl halides is 12. The van der Waals surface area contributed by atoms with Crippen LogP contribution in [-0.2, 0) is 24.7 Å². The van der Waals surface area contributed by atoms with Crippen molar-refractivity contribution < 1.29 is 70.2 Å². The van der Waals surface area contributed by atoms with Gasteiger partial charge in [0.1, 0.15) is 22.3 Å². The summed E-state index contributed by atoms with van der Waals surface area (Å²) in [5, 5.41) is -6.76. The van der Waals surface area contributed by atoms with E-state index in [-0.39, 0.29) is 0 Å². The predicted octanol–water partition coefficient (Wildman–Crippen LogP) is 7.47. The van der Waals surface area contributed by atoms with Crippen molar-refractivity contribution in [1.82, 2.24) is 0 Å². The molecule has 30 heavy (non-hydrogen) atoms. The van der Waals surface area contributed by atoms with Gasteiger partial charge in [-0.25, -0.2) is 17.6 Å². The van der Waals surface area contributed by atoms with E-state index in [1.165, 1.54) is 0 Å². The first-order chi connectivity index (χ1) is 13.1. The molecule has 2 aromatic rings. The standard InChI is InChI=1S/C14F16/c15-7-3(11(19,20)21)1-2(5(9(7)17)13(25,26)27)6(14(28,29)30)10(18)8(16)4(1)12(22,23)24. The lowest BCUT2D eigenvalue weighted by molar-refractivity contribution is -0.149. The lowest BCUT2D eigenvalue weighted by atomic mass is 9.88. The highest BCUT2D eigenvalue weighted by molar-refractivity contribution is 5.96. The van der Waals surface area contributed by atoms with Crippen molar-refractivity contribution in [3.05, 3.63) is 45.5 Å². The number of fused-ring (bicyclic) bond motifs is 1. The van der Waals surface area contributed by atoms with Gasteiger partial charge in [0, 0.05) is 10.8 Å². The Hall–Kier alpha value is -2.42. The van der Waals surface area contributed by atoms with Gasteiger partial charge in [0.15, 0.2) is 23.3 Å². The molecule has 0 fully saturated rings. The molecular formula is C14F16. The van der Waals surface area contributed by atoms with Crippen molar-refractivity contribution in [2.75, 3.05) is 0 Å². The summed E-state index contributed by atoms with van der Waals surface area (Å²) in [4.78, 5) is 0. The minimum Gasteiger partial charge on any atom is -0.203 e. The molecule has 168 valence electrons. The Balaban J connectivity index is 3.59. The average molecular weight is 472 g/mol. The topological polar surface area (TPSA) is 0 Å². The second-order valence-electron chi connectivity index (χ2n) is 5.50. The van der Waals surface area contributed by atoms with E-state index < -0.39 is 81.0 Å². The third kappa shape index (κ3) is 3.59. The van der Waals surface area contributed by atoms with E-state index in [1.54, 1.807) is 0 Å². The first kappa shape index (κ1) is 23.9. The van der Waals surface area contributed by atoms with Crippen LogP contribution in [0.4, 0.5) is 70.2 Å². The highest BCUT2D eigenvalue weighted by Gasteiger charge is 2.53. The maximum absolute atomic E-state index is 13.8. The fourth-order valence-electron chi connectivity index (χ4n) is 2.69. The highest BCUT2D eigenvalue weighted by atomic mass is 19.4. The van der Waals surface area contributed by atoms with Crippen LogP contribution >= 0.6 is 0 Å². The van der Waals surface area contributed by atoms with E-state index >= 15 is 0 Å². The summed E-state index contributed by atoms with van der Waals surface area (Å²) in [7, 11) is 0. The van der Waals surface area contributed by atoms with Gasteiger partial charge in [-0.3, -0.25) is 0 Å². The van der Waals surface area contributed by atoms with Crippen molar-refractivity contribution in [2.45, 2.75) is 24.7 Å². The van der Waals surface area contributed by atoms with E-state index in [2.05, 4.69) is 0 Å². The zero-order valence-corrected chi connectivity index (χ0v) is 13.0. The van der Waals surface area contributed by atoms with E-state index in [0.29, 0.717) is 0 Å². The molecule has 0 radical (unpaired) electrons. The molecule has 0 atom stereocenters. The molecule has 0 aliphatic heterocycles. The second kappa shape index (κ2) is 6.54. The van der Waals surface area contributed by atoms with Crippen LogP contribution in [0.5, 0.6) is 0 Å². The predicted molar refractivity (Wildman–Crippen MR) is 63.8 cm³/mol. The molecule has 0 N–H and O–H groups in total. The third-order valence-corrected chi connectivity index (χ3v) is 3.65. The average Bonchev–Trinajstić information content (AvgIpc) is 2.45. The zero-order chi connectivity index (χ0) is 23.8. The number of rotatable bonds is 0. The van der Waals surface area contributed by atoms with Crippen molar-refractivity contribution in [3.8, 4) is 0 Å². The molecule has 0 spiro atoms. The lowest BCUT2D eigenvalue weighted by Gasteiger charge is -2.24. The molecule has 0 heterocycles. The van der Waals surface area contributed by atoms with Gasteiger partial charge in [0.25, 0.3) is 0 Å². The quantitative estimate of drug-likeness (QED) is 0.349. The van der Waals surface area contributed by atoms with E-state index in [9.17, 15) is 70.2 Å². The Morgan fingerprint density at radius 3 is 0.533 bits per heavy atom. The van der Waals surface area contributed by atoms with E-state index in [1.807, 2.05) is 0 Å². The van der Waals surface area contributed by atoms with Gasteiger partial charge in [-0.15, -0.1) is 0 Å². The molecule has 0 aromatic heterocycles. The zero-order valence-electron chi connectivity index (χ0n) is 13.0. The van der Waals surface area contributed by atoms with Crippen molar-refractivity contribution in [1.29, 1.82) is 0 Å². The van der Waals surface area contributed by atoms with Crippen LogP contribution in [0.25, 0.3) is 10.8 Å². The van der Waals surface area contributed by atoms with Crippen LogP contribution in [0.1, 0.15) is 22.3 Å². The molecule has 0 unspecified atom stereocenters. The maximum Gasteiger partial charge on any atom is 0.419 e. The number of benzene rings is 2. The number of halogens is 16. The van der Waals surface area contributed by atoms with Crippen LogP contribution in [-0.4, -0.2) is 0 Å². The van der Waals surface area contributed by atoms with Crippen molar-refractivity contribution >= 4 is 10.8 Å². The van der Waals surface area contributed by atoms with Crippen molar-refractivity contribution in [2.24, 2.45) is 0 Å². The summed E-state index contributed by atoms with van der Waals surface area (Å²) in [6.07, 6.45) is -26.2. The van der Waals surface area contributed by atoms with Crippen molar-refractivity contribution in [3.63, 3.8) is 0 Å². The monoisotopic (exact) mass is 472 g/mol. The van der Waals surface area contributed by atoms with Gasteiger partial charge in [-0.05, 0) is 0 Å². The molecule has 0 amide bonds. The van der Waals surface area contributed by atoms with Gasteiger partial charge in [-0.1, -0.05) is 0 Å². The SMILES string of the molecule is Fc1c(F)c(C(F)(F)F)c2c(C(F)(F)F)c(F)c(F)c(C(F)(F)F)c2c1C(F)(F)F. The highest BCUT2D eigenvalue weighted by Crippen LogP contribution is 2.53. The molecule has 16 heteroatoms. The second-order valence-corrected chi connectivity index (χ2v) is 5.50.